The molecule has 6 nitrogen and oxygen atoms in total. The molecule has 230 valence electrons. The van der Waals surface area contributed by atoms with Gasteiger partial charge in [0.05, 0.1) is 12.1 Å². The lowest BCUT2D eigenvalue weighted by Gasteiger charge is -2.25. The van der Waals surface area contributed by atoms with E-state index in [9.17, 15) is 9.59 Å². The number of aromatic nitrogens is 1. The topological polar surface area (TPSA) is 88.5 Å². The van der Waals surface area contributed by atoms with E-state index in [-0.39, 0.29) is 30.4 Å². The van der Waals surface area contributed by atoms with Crippen LogP contribution in [0.15, 0.2) is 85.1 Å². The van der Waals surface area contributed by atoms with Crippen molar-refractivity contribution in [2.75, 3.05) is 6.54 Å². The van der Waals surface area contributed by atoms with Crippen LogP contribution < -0.4 is 10.1 Å². The van der Waals surface area contributed by atoms with Gasteiger partial charge < -0.3 is 15.2 Å². The van der Waals surface area contributed by atoms with Crippen LogP contribution in [0.5, 0.6) is 5.75 Å². The minimum Gasteiger partial charge on any atom is -0.486 e. The predicted octanol–water partition coefficient (Wildman–Crippen LogP) is 9.00. The molecule has 0 aliphatic heterocycles. The molecule has 1 atom stereocenters. The Kier molecular flexibility index (Phi) is 10.6. The Morgan fingerprint density at radius 2 is 1.48 bits per heavy atom. The fraction of sp³-hybridized carbons (Fsp3) is 0.342. The molecule has 2 N–H and O–H groups in total. The smallest absolute Gasteiger partial charge is 0.305 e. The molecule has 1 aromatic heterocycles. The standard InChI is InChI=1S/C38H44N2O4/c1-25(2)27-7-11-30(12-8-27)36-26(3)23-32(24-40-36)28-15-17-33(18-16-28)44-34(19-21-38(4,5)6)29-9-13-31(14-10-29)37(43)39-22-20-35(41)42/h7-18,23-25,34H,19-22H2,1-6H3,(H,39,43)(H,41,42). The van der Waals surface area contributed by atoms with E-state index in [0.29, 0.717) is 11.5 Å². The Morgan fingerprint density at radius 3 is 2.05 bits per heavy atom. The zero-order chi connectivity index (χ0) is 31.9. The molecule has 0 bridgehead atoms. The lowest BCUT2D eigenvalue weighted by atomic mass is 9.88. The zero-order valence-electron chi connectivity index (χ0n) is 26.7. The number of rotatable bonds is 12. The minimum atomic E-state index is -0.944. The molecular formula is C38H44N2O4. The van der Waals surface area contributed by atoms with E-state index in [4.69, 9.17) is 14.8 Å². The number of aliphatic carboxylic acids is 1. The van der Waals surface area contributed by atoms with Gasteiger partial charge in [-0.15, -0.1) is 0 Å². The zero-order valence-corrected chi connectivity index (χ0v) is 26.7. The molecule has 0 fully saturated rings. The van der Waals surface area contributed by atoms with Crippen LogP contribution in [0.2, 0.25) is 0 Å². The number of hydrogen-bond acceptors (Lipinski definition) is 4. The van der Waals surface area contributed by atoms with E-state index >= 15 is 0 Å². The van der Waals surface area contributed by atoms with Crippen molar-refractivity contribution in [2.45, 2.75) is 72.8 Å². The molecule has 1 unspecified atom stereocenters. The first-order chi connectivity index (χ1) is 20.9. The number of nitrogens with zero attached hydrogens (tertiary/aromatic N) is 1. The van der Waals surface area contributed by atoms with Gasteiger partial charge in [0.2, 0.25) is 0 Å². The molecule has 1 amide bonds. The van der Waals surface area contributed by atoms with Crippen LogP contribution in [-0.4, -0.2) is 28.5 Å². The first-order valence-corrected chi connectivity index (χ1v) is 15.3. The van der Waals surface area contributed by atoms with Gasteiger partial charge in [0.1, 0.15) is 11.9 Å². The monoisotopic (exact) mass is 592 g/mol. The summed E-state index contributed by atoms with van der Waals surface area (Å²) in [5.41, 5.74) is 8.30. The molecule has 0 spiro atoms. The predicted molar refractivity (Wildman–Crippen MR) is 177 cm³/mol. The molecule has 0 saturated heterocycles. The number of ether oxygens (including phenoxy) is 1. The van der Waals surface area contributed by atoms with E-state index in [1.165, 1.54) is 5.56 Å². The van der Waals surface area contributed by atoms with Crippen LogP contribution in [0, 0.1) is 12.3 Å². The lowest BCUT2D eigenvalue weighted by molar-refractivity contribution is -0.136. The van der Waals surface area contributed by atoms with E-state index in [0.717, 1.165) is 52.1 Å². The summed E-state index contributed by atoms with van der Waals surface area (Å²) in [7, 11) is 0. The van der Waals surface area contributed by atoms with Gasteiger partial charge >= 0.3 is 5.97 Å². The van der Waals surface area contributed by atoms with Crippen LogP contribution >= 0.6 is 0 Å². The van der Waals surface area contributed by atoms with Crippen LogP contribution in [-0.2, 0) is 4.79 Å². The number of carboxylic acids is 1. The van der Waals surface area contributed by atoms with E-state index < -0.39 is 5.97 Å². The number of hydrogen-bond donors (Lipinski definition) is 2. The number of benzene rings is 3. The summed E-state index contributed by atoms with van der Waals surface area (Å²) in [6.45, 7) is 13.2. The van der Waals surface area contributed by atoms with Gasteiger partial charge in [-0.2, -0.15) is 0 Å². The maximum absolute atomic E-state index is 12.4. The molecule has 3 aromatic carbocycles. The third kappa shape index (κ3) is 9.03. The number of carboxylic acid groups (broad SMARTS) is 1. The summed E-state index contributed by atoms with van der Waals surface area (Å²) in [5, 5.41) is 11.5. The van der Waals surface area contributed by atoms with Crippen molar-refractivity contribution >= 4 is 11.9 Å². The lowest BCUT2D eigenvalue weighted by Crippen LogP contribution is -2.26. The van der Waals surface area contributed by atoms with Gasteiger partial charge in [-0.05, 0) is 83.7 Å². The van der Waals surface area contributed by atoms with Crippen molar-refractivity contribution in [3.63, 3.8) is 0 Å². The highest BCUT2D eigenvalue weighted by Gasteiger charge is 2.19. The van der Waals surface area contributed by atoms with Gasteiger partial charge in [-0.3, -0.25) is 14.6 Å². The van der Waals surface area contributed by atoms with Crippen molar-refractivity contribution in [3.8, 4) is 28.1 Å². The van der Waals surface area contributed by atoms with E-state index in [1.54, 1.807) is 12.1 Å². The van der Waals surface area contributed by atoms with Crippen molar-refractivity contribution in [3.05, 3.63) is 107 Å². The molecule has 0 aliphatic rings. The summed E-state index contributed by atoms with van der Waals surface area (Å²) in [6.07, 6.45) is 3.41. The van der Waals surface area contributed by atoms with E-state index in [1.807, 2.05) is 30.5 Å². The van der Waals surface area contributed by atoms with Gasteiger partial charge in [0, 0.05) is 29.4 Å². The van der Waals surface area contributed by atoms with Gasteiger partial charge in [-0.1, -0.05) is 83.1 Å². The highest BCUT2D eigenvalue weighted by atomic mass is 16.5. The molecule has 1 heterocycles. The molecule has 0 aliphatic carbocycles. The second-order valence-corrected chi connectivity index (χ2v) is 12.9. The number of carbonyl (C=O) groups is 2. The Morgan fingerprint density at radius 1 is 0.864 bits per heavy atom. The Bertz CT molecular complexity index is 1550. The Hall–Kier alpha value is -4.45. The number of amides is 1. The summed E-state index contributed by atoms with van der Waals surface area (Å²) in [4.78, 5) is 28.0. The normalized spacial score (nSPS) is 12.2. The first kappa shape index (κ1) is 32.5. The van der Waals surface area contributed by atoms with Crippen molar-refractivity contribution in [2.24, 2.45) is 5.41 Å². The van der Waals surface area contributed by atoms with Gasteiger partial charge in [0.15, 0.2) is 0 Å². The quantitative estimate of drug-likeness (QED) is 0.171. The van der Waals surface area contributed by atoms with Crippen molar-refractivity contribution in [1.29, 1.82) is 0 Å². The maximum Gasteiger partial charge on any atom is 0.305 e. The average Bonchev–Trinajstić information content (AvgIpc) is 2.99. The van der Waals surface area contributed by atoms with Crippen LogP contribution in [0.25, 0.3) is 22.4 Å². The average molecular weight is 593 g/mol. The molecule has 4 aromatic rings. The SMILES string of the molecule is Cc1cc(-c2ccc(OC(CCC(C)(C)C)c3ccc(C(=O)NCCC(=O)O)cc3)cc2)cnc1-c1ccc(C(C)C)cc1. The first-order valence-electron chi connectivity index (χ1n) is 15.3. The molecular weight excluding hydrogens is 548 g/mol. The molecule has 0 radical (unpaired) electrons. The van der Waals surface area contributed by atoms with Crippen molar-refractivity contribution < 1.29 is 19.4 Å². The van der Waals surface area contributed by atoms with E-state index in [2.05, 4.69) is 89.3 Å². The minimum absolute atomic E-state index is 0.0925. The molecule has 6 heteroatoms. The van der Waals surface area contributed by atoms with Crippen LogP contribution in [0.4, 0.5) is 0 Å². The second-order valence-electron chi connectivity index (χ2n) is 12.9. The van der Waals surface area contributed by atoms with Crippen LogP contribution in [0.1, 0.15) is 93.0 Å². The number of carbonyl (C=O) groups excluding carboxylic acids is 1. The summed E-state index contributed by atoms with van der Waals surface area (Å²) in [5.74, 6) is 0.0375. The fourth-order valence-corrected chi connectivity index (χ4v) is 5.04. The van der Waals surface area contributed by atoms with Crippen LogP contribution in [0.3, 0.4) is 0 Å². The molecule has 44 heavy (non-hydrogen) atoms. The summed E-state index contributed by atoms with van der Waals surface area (Å²) < 4.78 is 6.52. The number of pyridine rings is 1. The van der Waals surface area contributed by atoms with Crippen molar-refractivity contribution in [1.82, 2.24) is 10.3 Å². The van der Waals surface area contributed by atoms with Gasteiger partial charge in [0.25, 0.3) is 5.91 Å². The highest BCUT2D eigenvalue weighted by molar-refractivity contribution is 5.94. The molecule has 0 saturated carbocycles. The molecule has 4 rings (SSSR count). The highest BCUT2D eigenvalue weighted by Crippen LogP contribution is 2.33. The van der Waals surface area contributed by atoms with Gasteiger partial charge in [-0.25, -0.2) is 0 Å². The largest absolute Gasteiger partial charge is 0.486 e. The summed E-state index contributed by atoms with van der Waals surface area (Å²) in [6, 6.07) is 26.3. The summed E-state index contributed by atoms with van der Waals surface area (Å²) >= 11 is 0. The number of aryl methyl sites for hydroxylation is 1. The fourth-order valence-electron chi connectivity index (χ4n) is 5.04. The third-order valence-electron chi connectivity index (χ3n) is 7.72. The third-order valence-corrected chi connectivity index (χ3v) is 7.72. The number of nitrogens with one attached hydrogen (secondary N) is 1. The Balaban J connectivity index is 1.48. The second kappa shape index (κ2) is 14.3. The Labute approximate surface area is 261 Å². The maximum atomic E-state index is 12.4.